The van der Waals surface area contributed by atoms with Crippen LogP contribution in [0.3, 0.4) is 0 Å². The second kappa shape index (κ2) is 5.66. The van der Waals surface area contributed by atoms with Gasteiger partial charge < -0.3 is 9.84 Å². The van der Waals surface area contributed by atoms with Crippen molar-refractivity contribution in [2.24, 2.45) is 5.92 Å². The van der Waals surface area contributed by atoms with Crippen LogP contribution in [0.2, 0.25) is 0 Å². The fourth-order valence-electron chi connectivity index (χ4n) is 3.95. The third-order valence-corrected chi connectivity index (χ3v) is 5.04. The van der Waals surface area contributed by atoms with E-state index in [1.165, 1.54) is 31.0 Å². The molecule has 2 aliphatic carbocycles. The Balaban J connectivity index is 1.89. The minimum Gasteiger partial charge on any atom is -0.484 e. The van der Waals surface area contributed by atoms with Gasteiger partial charge in [-0.25, -0.2) is 9.18 Å². The summed E-state index contributed by atoms with van der Waals surface area (Å²) in [4.78, 5) is 11.1. The van der Waals surface area contributed by atoms with Crippen LogP contribution in [0, 0.1) is 11.7 Å². The van der Waals surface area contributed by atoms with Crippen LogP contribution in [-0.2, 0) is 0 Å². The van der Waals surface area contributed by atoms with Crippen LogP contribution in [0.4, 0.5) is 4.39 Å². The van der Waals surface area contributed by atoms with Gasteiger partial charge in [-0.1, -0.05) is 12.8 Å². The standard InChI is InChI=1S/C17H21FO3/c18-14-8-7-12(16(19)20)11-15(14)21-17(9-3-4-10-17)13-5-1-2-6-13/h7-8,11,13H,1-6,9-10H2,(H,19,20). The largest absolute Gasteiger partial charge is 0.484 e. The first kappa shape index (κ1) is 14.4. The molecule has 2 aliphatic rings. The number of carboxylic acids is 1. The lowest BCUT2D eigenvalue weighted by Crippen LogP contribution is -2.40. The Labute approximate surface area is 124 Å². The number of carbonyl (C=O) groups is 1. The molecule has 0 aliphatic heterocycles. The van der Waals surface area contributed by atoms with Crippen LogP contribution in [0.1, 0.15) is 61.7 Å². The summed E-state index contributed by atoms with van der Waals surface area (Å²) in [5.74, 6) is -0.943. The highest BCUT2D eigenvalue weighted by Gasteiger charge is 2.44. The van der Waals surface area contributed by atoms with Crippen LogP contribution in [0.5, 0.6) is 5.75 Å². The van der Waals surface area contributed by atoms with E-state index in [2.05, 4.69) is 0 Å². The zero-order chi connectivity index (χ0) is 14.9. The summed E-state index contributed by atoms with van der Waals surface area (Å²) in [6, 6.07) is 3.80. The van der Waals surface area contributed by atoms with E-state index in [1.54, 1.807) is 0 Å². The Kier molecular flexibility index (Phi) is 3.87. The number of aromatic carboxylic acids is 1. The maximum Gasteiger partial charge on any atom is 0.335 e. The van der Waals surface area contributed by atoms with E-state index in [9.17, 15) is 9.18 Å². The zero-order valence-electron chi connectivity index (χ0n) is 12.1. The molecule has 0 bridgehead atoms. The fraction of sp³-hybridized carbons (Fsp3) is 0.588. The predicted molar refractivity (Wildman–Crippen MR) is 77.1 cm³/mol. The van der Waals surface area contributed by atoms with E-state index >= 15 is 0 Å². The van der Waals surface area contributed by atoms with Crippen molar-refractivity contribution in [1.29, 1.82) is 0 Å². The van der Waals surface area contributed by atoms with Gasteiger partial charge in [0, 0.05) is 0 Å². The van der Waals surface area contributed by atoms with Gasteiger partial charge in [0.05, 0.1) is 5.56 Å². The molecule has 4 heteroatoms. The molecular weight excluding hydrogens is 271 g/mol. The van der Waals surface area contributed by atoms with Gasteiger partial charge in [-0.2, -0.15) is 0 Å². The Morgan fingerprint density at radius 1 is 1.19 bits per heavy atom. The fourth-order valence-corrected chi connectivity index (χ4v) is 3.95. The third-order valence-electron chi connectivity index (χ3n) is 5.04. The Morgan fingerprint density at radius 3 is 2.48 bits per heavy atom. The van der Waals surface area contributed by atoms with Crippen molar-refractivity contribution in [3.63, 3.8) is 0 Å². The van der Waals surface area contributed by atoms with Crippen molar-refractivity contribution < 1.29 is 19.0 Å². The lowest BCUT2D eigenvalue weighted by atomic mass is 9.84. The molecule has 3 nitrogen and oxygen atoms in total. The topological polar surface area (TPSA) is 46.5 Å². The first-order valence-corrected chi connectivity index (χ1v) is 7.83. The molecule has 0 radical (unpaired) electrons. The normalized spacial score (nSPS) is 21.6. The molecule has 0 amide bonds. The molecule has 0 spiro atoms. The summed E-state index contributed by atoms with van der Waals surface area (Å²) in [5.41, 5.74) is -0.208. The molecule has 114 valence electrons. The average molecular weight is 292 g/mol. The molecule has 0 saturated heterocycles. The number of hydrogen-bond donors (Lipinski definition) is 1. The van der Waals surface area contributed by atoms with Gasteiger partial charge in [0.25, 0.3) is 0 Å². The first-order valence-electron chi connectivity index (χ1n) is 7.83. The smallest absolute Gasteiger partial charge is 0.335 e. The summed E-state index contributed by atoms with van der Waals surface area (Å²) < 4.78 is 20.2. The summed E-state index contributed by atoms with van der Waals surface area (Å²) in [6.45, 7) is 0. The van der Waals surface area contributed by atoms with Gasteiger partial charge in [0.15, 0.2) is 11.6 Å². The highest BCUT2D eigenvalue weighted by molar-refractivity contribution is 5.88. The number of hydrogen-bond acceptors (Lipinski definition) is 2. The van der Waals surface area contributed by atoms with Crippen molar-refractivity contribution >= 4 is 5.97 Å². The van der Waals surface area contributed by atoms with Gasteiger partial charge >= 0.3 is 5.97 Å². The van der Waals surface area contributed by atoms with Crippen molar-refractivity contribution in [2.45, 2.75) is 57.0 Å². The third kappa shape index (κ3) is 2.76. The summed E-state index contributed by atoms with van der Waals surface area (Å²) in [6.07, 6.45) is 8.83. The first-order chi connectivity index (χ1) is 10.1. The Bertz CT molecular complexity index is 529. The molecule has 1 aromatic rings. The molecule has 1 N–H and O–H groups in total. The molecule has 2 saturated carbocycles. The molecule has 1 aromatic carbocycles. The van der Waals surface area contributed by atoms with Crippen LogP contribution < -0.4 is 4.74 Å². The molecular formula is C17H21FO3. The van der Waals surface area contributed by atoms with Gasteiger partial charge in [-0.15, -0.1) is 0 Å². The molecule has 0 atom stereocenters. The highest BCUT2D eigenvalue weighted by Crippen LogP contribution is 2.47. The maximum atomic E-state index is 14.0. The molecule has 0 heterocycles. The van der Waals surface area contributed by atoms with Crippen molar-refractivity contribution in [2.75, 3.05) is 0 Å². The molecule has 0 unspecified atom stereocenters. The van der Waals surface area contributed by atoms with Crippen LogP contribution in [0.15, 0.2) is 18.2 Å². The van der Waals surface area contributed by atoms with E-state index in [0.29, 0.717) is 5.92 Å². The number of rotatable bonds is 4. The van der Waals surface area contributed by atoms with Crippen molar-refractivity contribution in [3.05, 3.63) is 29.6 Å². The number of ether oxygens (including phenoxy) is 1. The Morgan fingerprint density at radius 2 is 1.86 bits per heavy atom. The van der Waals surface area contributed by atoms with Gasteiger partial charge in [0.2, 0.25) is 0 Å². The monoisotopic (exact) mass is 292 g/mol. The molecule has 21 heavy (non-hydrogen) atoms. The summed E-state index contributed by atoms with van der Waals surface area (Å²) >= 11 is 0. The van der Waals surface area contributed by atoms with Gasteiger partial charge in [-0.05, 0) is 62.6 Å². The number of benzene rings is 1. The van der Waals surface area contributed by atoms with Crippen LogP contribution >= 0.6 is 0 Å². The van der Waals surface area contributed by atoms with E-state index in [4.69, 9.17) is 9.84 Å². The SMILES string of the molecule is O=C(O)c1ccc(F)c(OC2(C3CCCC3)CCCC2)c1. The molecule has 3 rings (SSSR count). The predicted octanol–water partition coefficient (Wildman–Crippen LogP) is 4.41. The molecule has 0 aromatic heterocycles. The summed E-state index contributed by atoms with van der Waals surface area (Å²) in [7, 11) is 0. The zero-order valence-corrected chi connectivity index (χ0v) is 12.1. The Hall–Kier alpha value is -1.58. The average Bonchev–Trinajstić information content (AvgIpc) is 3.12. The number of carboxylic acid groups (broad SMARTS) is 1. The minimum absolute atomic E-state index is 0.0750. The lowest BCUT2D eigenvalue weighted by molar-refractivity contribution is 0.0128. The van der Waals surface area contributed by atoms with Gasteiger partial charge in [-0.3, -0.25) is 0 Å². The molecule has 2 fully saturated rings. The van der Waals surface area contributed by atoms with E-state index in [1.807, 2.05) is 0 Å². The van der Waals surface area contributed by atoms with E-state index in [-0.39, 0.29) is 16.9 Å². The van der Waals surface area contributed by atoms with Gasteiger partial charge in [0.1, 0.15) is 5.60 Å². The quantitative estimate of drug-likeness (QED) is 0.894. The second-order valence-corrected chi connectivity index (χ2v) is 6.31. The van der Waals surface area contributed by atoms with Crippen LogP contribution in [-0.4, -0.2) is 16.7 Å². The summed E-state index contributed by atoms with van der Waals surface area (Å²) in [5, 5.41) is 9.06. The van der Waals surface area contributed by atoms with E-state index in [0.717, 1.165) is 38.5 Å². The van der Waals surface area contributed by atoms with Crippen molar-refractivity contribution in [3.8, 4) is 5.75 Å². The van der Waals surface area contributed by atoms with Crippen LogP contribution in [0.25, 0.3) is 0 Å². The highest BCUT2D eigenvalue weighted by atomic mass is 19.1. The van der Waals surface area contributed by atoms with E-state index < -0.39 is 11.8 Å². The minimum atomic E-state index is -1.05. The van der Waals surface area contributed by atoms with Crippen molar-refractivity contribution in [1.82, 2.24) is 0 Å². The lowest BCUT2D eigenvalue weighted by Gasteiger charge is -2.36. The number of halogens is 1. The maximum absolute atomic E-state index is 14.0. The second-order valence-electron chi connectivity index (χ2n) is 6.31.